The molecule has 1 amide bonds. The first kappa shape index (κ1) is 14.8. The van der Waals surface area contributed by atoms with Crippen molar-refractivity contribution in [3.05, 3.63) is 0 Å². The first-order chi connectivity index (χ1) is 8.03. The average molecular weight is 257 g/mol. The van der Waals surface area contributed by atoms with Gasteiger partial charge >= 0.3 is 12.1 Å². The van der Waals surface area contributed by atoms with Gasteiger partial charge in [-0.1, -0.05) is 6.92 Å². The van der Waals surface area contributed by atoms with Crippen molar-refractivity contribution in [1.82, 2.24) is 5.32 Å². The number of carbonyl (C=O) groups is 2. The Bertz CT molecular complexity index is 347. The van der Waals surface area contributed by atoms with Crippen molar-refractivity contribution < 1.29 is 19.4 Å². The van der Waals surface area contributed by atoms with E-state index in [9.17, 15) is 9.59 Å². The van der Waals surface area contributed by atoms with Crippen molar-refractivity contribution in [2.45, 2.75) is 58.6 Å². The summed E-state index contributed by atoms with van der Waals surface area (Å²) in [5, 5.41) is 11.7. The predicted octanol–water partition coefficient (Wildman–Crippen LogP) is 2.40. The maximum atomic E-state index is 11.8. The molecule has 18 heavy (non-hydrogen) atoms. The van der Waals surface area contributed by atoms with Crippen molar-refractivity contribution >= 4 is 12.1 Å². The van der Waals surface area contributed by atoms with E-state index in [-0.39, 0.29) is 12.3 Å². The third-order valence-electron chi connectivity index (χ3n) is 3.23. The van der Waals surface area contributed by atoms with E-state index in [2.05, 4.69) is 12.2 Å². The number of hydrogen-bond donors (Lipinski definition) is 2. The standard InChI is InChI=1S/C13H23NO4/c1-8-6-9(8)13(5,7-10(15)16)14-11(17)18-12(2,3)4/h8-9H,6-7H2,1-5H3,(H,14,17)(H,15,16). The summed E-state index contributed by atoms with van der Waals surface area (Å²) in [5.41, 5.74) is -1.31. The maximum absolute atomic E-state index is 11.8. The number of aliphatic carboxylic acids is 1. The van der Waals surface area contributed by atoms with Gasteiger partial charge in [0.15, 0.2) is 0 Å². The number of nitrogens with one attached hydrogen (secondary N) is 1. The summed E-state index contributed by atoms with van der Waals surface area (Å²) in [4.78, 5) is 22.7. The second kappa shape index (κ2) is 4.78. The number of amides is 1. The molecular formula is C13H23NO4. The molecule has 0 bridgehead atoms. The quantitative estimate of drug-likeness (QED) is 0.811. The fourth-order valence-electron chi connectivity index (χ4n) is 2.33. The van der Waals surface area contributed by atoms with Crippen LogP contribution >= 0.6 is 0 Å². The van der Waals surface area contributed by atoms with E-state index in [4.69, 9.17) is 9.84 Å². The second-order valence-corrected chi connectivity index (χ2v) is 6.43. The van der Waals surface area contributed by atoms with Crippen molar-refractivity contribution in [3.8, 4) is 0 Å². The normalized spacial score (nSPS) is 26.1. The number of rotatable bonds is 4. The summed E-state index contributed by atoms with van der Waals surface area (Å²) in [7, 11) is 0. The van der Waals surface area contributed by atoms with E-state index in [0.29, 0.717) is 5.92 Å². The molecule has 0 aromatic carbocycles. The zero-order chi connectivity index (χ0) is 14.1. The van der Waals surface area contributed by atoms with Crippen LogP contribution in [0.25, 0.3) is 0 Å². The van der Waals surface area contributed by atoms with Crippen LogP contribution in [0.3, 0.4) is 0 Å². The minimum atomic E-state index is -0.910. The molecule has 0 aliphatic heterocycles. The molecule has 2 N–H and O–H groups in total. The first-order valence-corrected chi connectivity index (χ1v) is 6.26. The van der Waals surface area contributed by atoms with Gasteiger partial charge in [0.05, 0.1) is 12.0 Å². The van der Waals surface area contributed by atoms with Crippen molar-refractivity contribution in [2.24, 2.45) is 11.8 Å². The molecule has 0 spiro atoms. The number of alkyl carbamates (subject to hydrolysis) is 1. The van der Waals surface area contributed by atoms with Crippen LogP contribution in [0.15, 0.2) is 0 Å². The summed E-state index contributed by atoms with van der Waals surface area (Å²) in [6.07, 6.45) is 0.311. The molecule has 1 aliphatic rings. The van der Waals surface area contributed by atoms with E-state index in [0.717, 1.165) is 6.42 Å². The van der Waals surface area contributed by atoms with Crippen LogP contribution < -0.4 is 5.32 Å². The Morgan fingerprint density at radius 2 is 1.83 bits per heavy atom. The largest absolute Gasteiger partial charge is 0.481 e. The molecule has 1 saturated carbocycles. The highest BCUT2D eigenvalue weighted by Gasteiger charge is 2.49. The van der Waals surface area contributed by atoms with E-state index >= 15 is 0 Å². The zero-order valence-corrected chi connectivity index (χ0v) is 11.7. The van der Waals surface area contributed by atoms with Crippen LogP contribution in [0, 0.1) is 11.8 Å². The van der Waals surface area contributed by atoms with Crippen LogP contribution in [-0.4, -0.2) is 28.3 Å². The van der Waals surface area contributed by atoms with Crippen LogP contribution in [0.1, 0.15) is 47.5 Å². The van der Waals surface area contributed by atoms with Gasteiger partial charge in [0, 0.05) is 0 Å². The number of carbonyl (C=O) groups excluding carboxylic acids is 1. The Hall–Kier alpha value is -1.26. The fourth-order valence-corrected chi connectivity index (χ4v) is 2.33. The lowest BCUT2D eigenvalue weighted by atomic mass is 9.90. The summed E-state index contributed by atoms with van der Waals surface area (Å²) < 4.78 is 5.19. The van der Waals surface area contributed by atoms with Gasteiger partial charge in [0.1, 0.15) is 5.60 Å². The lowest BCUT2D eigenvalue weighted by Gasteiger charge is -2.31. The molecule has 5 nitrogen and oxygen atoms in total. The Balaban J connectivity index is 2.67. The van der Waals surface area contributed by atoms with Crippen LogP contribution in [0.2, 0.25) is 0 Å². The molecule has 0 saturated heterocycles. The number of carboxylic acid groups (broad SMARTS) is 1. The van der Waals surface area contributed by atoms with Crippen LogP contribution in [0.5, 0.6) is 0 Å². The van der Waals surface area contributed by atoms with Gasteiger partial charge in [-0.05, 0) is 46.0 Å². The monoisotopic (exact) mass is 257 g/mol. The summed E-state index contributed by atoms with van der Waals surface area (Å²) >= 11 is 0. The van der Waals surface area contributed by atoms with Crippen LogP contribution in [0.4, 0.5) is 4.79 Å². The predicted molar refractivity (Wildman–Crippen MR) is 67.3 cm³/mol. The Kier molecular flexibility index (Phi) is 3.93. The highest BCUT2D eigenvalue weighted by Crippen LogP contribution is 2.47. The molecule has 1 fully saturated rings. The van der Waals surface area contributed by atoms with Crippen molar-refractivity contribution in [1.29, 1.82) is 0 Å². The molecule has 0 heterocycles. The van der Waals surface area contributed by atoms with Crippen molar-refractivity contribution in [3.63, 3.8) is 0 Å². The van der Waals surface area contributed by atoms with E-state index in [1.165, 1.54) is 0 Å². The highest BCUT2D eigenvalue weighted by molar-refractivity contribution is 5.73. The van der Waals surface area contributed by atoms with Gasteiger partial charge in [-0.25, -0.2) is 4.79 Å². The molecule has 0 aromatic heterocycles. The lowest BCUT2D eigenvalue weighted by molar-refractivity contribution is -0.138. The Labute approximate surface area is 108 Å². The molecule has 0 radical (unpaired) electrons. The van der Waals surface area contributed by atoms with Crippen LogP contribution in [-0.2, 0) is 9.53 Å². The smallest absolute Gasteiger partial charge is 0.408 e. The van der Waals surface area contributed by atoms with E-state index in [1.54, 1.807) is 27.7 Å². The average Bonchev–Trinajstić information content (AvgIpc) is 2.76. The zero-order valence-electron chi connectivity index (χ0n) is 11.7. The summed E-state index contributed by atoms with van der Waals surface area (Å²) in [6, 6.07) is 0. The third kappa shape index (κ3) is 4.20. The lowest BCUT2D eigenvalue weighted by Crippen LogP contribution is -2.51. The van der Waals surface area contributed by atoms with Gasteiger partial charge in [-0.15, -0.1) is 0 Å². The minimum absolute atomic E-state index is 0.0821. The molecule has 0 aromatic rings. The number of carboxylic acids is 1. The first-order valence-electron chi connectivity index (χ1n) is 6.26. The van der Waals surface area contributed by atoms with E-state index < -0.39 is 23.2 Å². The van der Waals surface area contributed by atoms with Crippen molar-refractivity contribution in [2.75, 3.05) is 0 Å². The van der Waals surface area contributed by atoms with E-state index in [1.807, 2.05) is 0 Å². The van der Waals surface area contributed by atoms with Gasteiger partial charge in [-0.2, -0.15) is 0 Å². The molecule has 1 aliphatic carbocycles. The SMILES string of the molecule is CC1CC1C(C)(CC(=O)O)NC(=O)OC(C)(C)C. The molecule has 5 heteroatoms. The van der Waals surface area contributed by atoms with Gasteiger partial charge in [-0.3, -0.25) is 4.79 Å². The molecule has 3 unspecified atom stereocenters. The van der Waals surface area contributed by atoms with Gasteiger partial charge < -0.3 is 15.2 Å². The molecule has 1 rings (SSSR count). The Morgan fingerprint density at radius 1 is 1.33 bits per heavy atom. The Morgan fingerprint density at radius 3 is 2.17 bits per heavy atom. The topological polar surface area (TPSA) is 75.6 Å². The summed E-state index contributed by atoms with van der Waals surface area (Å²) in [6.45, 7) is 9.17. The third-order valence-corrected chi connectivity index (χ3v) is 3.23. The summed E-state index contributed by atoms with van der Waals surface area (Å²) in [5.74, 6) is -0.252. The molecule has 3 atom stereocenters. The number of ether oxygens (including phenoxy) is 1. The maximum Gasteiger partial charge on any atom is 0.408 e. The van der Waals surface area contributed by atoms with Gasteiger partial charge in [0.25, 0.3) is 0 Å². The minimum Gasteiger partial charge on any atom is -0.481 e. The van der Waals surface area contributed by atoms with Gasteiger partial charge in [0.2, 0.25) is 0 Å². The molecular weight excluding hydrogens is 234 g/mol. The second-order valence-electron chi connectivity index (χ2n) is 6.43. The highest BCUT2D eigenvalue weighted by atomic mass is 16.6. The fraction of sp³-hybridized carbons (Fsp3) is 0.846. The number of hydrogen-bond acceptors (Lipinski definition) is 3. The molecule has 104 valence electrons.